The molecule has 0 amide bonds. The van der Waals surface area contributed by atoms with Crippen molar-refractivity contribution >= 4 is 5.69 Å². The summed E-state index contributed by atoms with van der Waals surface area (Å²) in [4.78, 5) is 0. The monoisotopic (exact) mass is 317 g/mol. The van der Waals surface area contributed by atoms with Crippen molar-refractivity contribution in [2.24, 2.45) is 0 Å². The maximum Gasteiger partial charge on any atom is 0.423 e. The number of hydrogen-bond acceptors (Lipinski definition) is 3. The van der Waals surface area contributed by atoms with Crippen LogP contribution in [0.25, 0.3) is 0 Å². The Bertz CT molecular complexity index is 432. The minimum absolute atomic E-state index is 0.0914. The Kier molecular flexibility index (Phi) is 5.70. The molecule has 120 valence electrons. The lowest BCUT2D eigenvalue weighted by Crippen LogP contribution is -2.44. The molecule has 0 saturated heterocycles. The fourth-order valence-corrected chi connectivity index (χ4v) is 1.43. The highest BCUT2D eigenvalue weighted by Crippen LogP contribution is 2.35. The summed E-state index contributed by atoms with van der Waals surface area (Å²) in [5, 5.41) is 0. The molecule has 0 spiro atoms. The summed E-state index contributed by atoms with van der Waals surface area (Å²) in [6.07, 6.45) is -14.9. The maximum atomic E-state index is 12.1. The lowest BCUT2D eigenvalue weighted by Gasteiger charge is -2.23. The van der Waals surface area contributed by atoms with Crippen LogP contribution in [-0.2, 0) is 4.74 Å². The van der Waals surface area contributed by atoms with Crippen LogP contribution in [-0.4, -0.2) is 31.7 Å². The van der Waals surface area contributed by atoms with E-state index in [0.29, 0.717) is 11.4 Å². The molecule has 3 nitrogen and oxygen atoms in total. The number of hydrogen-bond donors (Lipinski definition) is 1. The zero-order valence-electron chi connectivity index (χ0n) is 10.7. The van der Waals surface area contributed by atoms with Crippen LogP contribution >= 0.6 is 0 Å². The zero-order chi connectivity index (χ0) is 16.1. The molecule has 21 heavy (non-hydrogen) atoms. The van der Waals surface area contributed by atoms with Crippen molar-refractivity contribution < 1.29 is 35.8 Å². The van der Waals surface area contributed by atoms with E-state index in [4.69, 9.17) is 10.5 Å². The number of halogens is 6. The molecule has 1 rings (SSSR count). The van der Waals surface area contributed by atoms with E-state index in [0.717, 1.165) is 0 Å². The second-order valence-electron chi connectivity index (χ2n) is 4.11. The Morgan fingerprint density at radius 3 is 2.14 bits per heavy atom. The van der Waals surface area contributed by atoms with Crippen molar-refractivity contribution in [1.82, 2.24) is 0 Å². The predicted octanol–water partition coefficient (Wildman–Crippen LogP) is 3.55. The molecule has 9 heteroatoms. The molecule has 0 heterocycles. The molecule has 1 aromatic carbocycles. The van der Waals surface area contributed by atoms with Gasteiger partial charge < -0.3 is 15.2 Å². The van der Waals surface area contributed by atoms with Crippen molar-refractivity contribution in [1.29, 1.82) is 0 Å². The van der Waals surface area contributed by atoms with Crippen LogP contribution < -0.4 is 10.5 Å². The van der Waals surface area contributed by atoms with E-state index < -0.39 is 25.1 Å². The second kappa shape index (κ2) is 6.88. The van der Waals surface area contributed by atoms with Crippen LogP contribution in [0.3, 0.4) is 0 Å². The molecule has 0 bridgehead atoms. The Morgan fingerprint density at radius 1 is 1.00 bits per heavy atom. The number of benzene rings is 1. The third-order valence-electron chi connectivity index (χ3n) is 2.29. The molecule has 0 aliphatic heterocycles. The number of alkyl halides is 6. The van der Waals surface area contributed by atoms with Crippen LogP contribution in [0.2, 0.25) is 0 Å². The largest absolute Gasteiger partial charge is 0.493 e. The first-order chi connectivity index (χ1) is 9.60. The molecule has 0 atom stereocenters. The van der Waals surface area contributed by atoms with Gasteiger partial charge in [0.1, 0.15) is 5.75 Å². The fourth-order valence-electron chi connectivity index (χ4n) is 1.43. The Labute approximate surface area is 116 Å². The van der Waals surface area contributed by atoms with Crippen LogP contribution in [0.15, 0.2) is 24.3 Å². The van der Waals surface area contributed by atoms with Gasteiger partial charge in [0.15, 0.2) is 0 Å². The van der Waals surface area contributed by atoms with E-state index in [9.17, 15) is 26.3 Å². The van der Waals surface area contributed by atoms with E-state index in [-0.39, 0.29) is 13.0 Å². The third-order valence-corrected chi connectivity index (χ3v) is 2.29. The van der Waals surface area contributed by atoms with Gasteiger partial charge in [-0.1, -0.05) is 6.07 Å². The van der Waals surface area contributed by atoms with Crippen molar-refractivity contribution in [2.45, 2.75) is 24.9 Å². The Hall–Kier alpha value is -1.64. The first kappa shape index (κ1) is 17.4. The molecule has 0 aliphatic carbocycles. The van der Waals surface area contributed by atoms with Gasteiger partial charge in [-0.3, -0.25) is 0 Å². The van der Waals surface area contributed by atoms with Crippen molar-refractivity contribution in [3.8, 4) is 5.75 Å². The SMILES string of the molecule is Nc1cccc(OCCCOC(C(F)(F)F)C(F)(F)F)c1. The van der Waals surface area contributed by atoms with E-state index in [1.807, 2.05) is 0 Å². The summed E-state index contributed by atoms with van der Waals surface area (Å²) < 4.78 is 81.9. The summed E-state index contributed by atoms with van der Waals surface area (Å²) in [6, 6.07) is 6.25. The first-order valence-electron chi connectivity index (χ1n) is 5.84. The van der Waals surface area contributed by atoms with Crippen molar-refractivity contribution in [2.75, 3.05) is 18.9 Å². The highest BCUT2D eigenvalue weighted by molar-refractivity contribution is 5.43. The van der Waals surface area contributed by atoms with Gasteiger partial charge in [0.25, 0.3) is 0 Å². The molecule has 0 fully saturated rings. The number of nitrogen functional groups attached to an aromatic ring is 1. The second-order valence-corrected chi connectivity index (χ2v) is 4.11. The summed E-state index contributed by atoms with van der Waals surface area (Å²) >= 11 is 0. The van der Waals surface area contributed by atoms with Crippen molar-refractivity contribution in [3.63, 3.8) is 0 Å². The molecular weight excluding hydrogens is 304 g/mol. The molecule has 1 aromatic rings. The third kappa shape index (κ3) is 6.11. The normalized spacial score (nSPS) is 12.7. The quantitative estimate of drug-likeness (QED) is 0.496. The average Bonchev–Trinajstić information content (AvgIpc) is 2.30. The molecule has 0 aliphatic rings. The minimum Gasteiger partial charge on any atom is -0.493 e. The van der Waals surface area contributed by atoms with E-state index >= 15 is 0 Å². The summed E-state index contributed by atoms with van der Waals surface area (Å²) in [6.45, 7) is -0.822. The van der Waals surface area contributed by atoms with Gasteiger partial charge in [-0.25, -0.2) is 0 Å². The predicted molar refractivity (Wildman–Crippen MR) is 62.8 cm³/mol. The number of rotatable bonds is 6. The fraction of sp³-hybridized carbons (Fsp3) is 0.500. The molecule has 0 saturated carbocycles. The van der Waals surface area contributed by atoms with Crippen molar-refractivity contribution in [3.05, 3.63) is 24.3 Å². The van der Waals surface area contributed by atoms with Gasteiger partial charge in [0.05, 0.1) is 13.2 Å². The van der Waals surface area contributed by atoms with Gasteiger partial charge in [-0.05, 0) is 12.1 Å². The number of anilines is 1. The zero-order valence-corrected chi connectivity index (χ0v) is 10.7. The smallest absolute Gasteiger partial charge is 0.423 e. The number of nitrogens with two attached hydrogens (primary N) is 1. The molecule has 2 N–H and O–H groups in total. The van der Waals surface area contributed by atoms with Crippen LogP contribution in [0.1, 0.15) is 6.42 Å². The van der Waals surface area contributed by atoms with Gasteiger partial charge in [-0.15, -0.1) is 0 Å². The van der Waals surface area contributed by atoms with Crippen LogP contribution in [0.5, 0.6) is 5.75 Å². The highest BCUT2D eigenvalue weighted by atomic mass is 19.4. The lowest BCUT2D eigenvalue weighted by molar-refractivity contribution is -0.322. The maximum absolute atomic E-state index is 12.1. The van der Waals surface area contributed by atoms with E-state index in [1.165, 1.54) is 6.07 Å². The van der Waals surface area contributed by atoms with E-state index in [1.54, 1.807) is 18.2 Å². The van der Waals surface area contributed by atoms with Crippen LogP contribution in [0, 0.1) is 0 Å². The molecule has 0 unspecified atom stereocenters. The Balaban J connectivity index is 2.35. The van der Waals surface area contributed by atoms with Gasteiger partial charge in [-0.2, -0.15) is 26.3 Å². The first-order valence-corrected chi connectivity index (χ1v) is 5.84. The molecule has 0 radical (unpaired) electrons. The highest BCUT2D eigenvalue weighted by Gasteiger charge is 2.57. The molecular formula is C12H13F6NO2. The minimum atomic E-state index is -5.49. The number of ether oxygens (including phenoxy) is 2. The van der Waals surface area contributed by atoms with Gasteiger partial charge in [0, 0.05) is 18.2 Å². The van der Waals surface area contributed by atoms with Gasteiger partial charge in [0.2, 0.25) is 6.10 Å². The Morgan fingerprint density at radius 2 is 1.62 bits per heavy atom. The molecule has 0 aromatic heterocycles. The van der Waals surface area contributed by atoms with Crippen LogP contribution in [0.4, 0.5) is 32.0 Å². The summed E-state index contributed by atoms with van der Waals surface area (Å²) in [5.41, 5.74) is 5.90. The topological polar surface area (TPSA) is 44.5 Å². The standard InChI is InChI=1S/C12H13F6NO2/c13-11(14,15)10(12(16,17)18)21-6-2-5-20-9-4-1-3-8(19)7-9/h1,3-4,7,10H,2,5-6,19H2. The lowest BCUT2D eigenvalue weighted by atomic mass is 10.3. The van der Waals surface area contributed by atoms with E-state index in [2.05, 4.69) is 4.74 Å². The summed E-state index contributed by atoms with van der Waals surface area (Å²) in [5.74, 6) is 0.373. The summed E-state index contributed by atoms with van der Waals surface area (Å²) in [7, 11) is 0. The van der Waals surface area contributed by atoms with Gasteiger partial charge >= 0.3 is 12.4 Å². The average molecular weight is 317 g/mol.